The average Bonchev–Trinajstić information content (AvgIpc) is 2.34. The van der Waals surface area contributed by atoms with Crippen molar-refractivity contribution in [1.29, 1.82) is 0 Å². The lowest BCUT2D eigenvalue weighted by Gasteiger charge is -2.04. The normalized spacial score (nSPS) is 30.6. The van der Waals surface area contributed by atoms with Gasteiger partial charge >= 0.3 is 5.97 Å². The van der Waals surface area contributed by atoms with Crippen LogP contribution in [-0.2, 0) is 9.53 Å². The summed E-state index contributed by atoms with van der Waals surface area (Å²) in [5.41, 5.74) is 0. The summed E-state index contributed by atoms with van der Waals surface area (Å²) >= 11 is 0. The van der Waals surface area contributed by atoms with Crippen LogP contribution in [0.5, 0.6) is 0 Å². The Morgan fingerprint density at radius 1 is 1.70 bits per heavy atom. The van der Waals surface area contributed by atoms with E-state index in [1.54, 1.807) is 12.2 Å². The summed E-state index contributed by atoms with van der Waals surface area (Å²) in [4.78, 5) is 10.8. The van der Waals surface area contributed by atoms with Crippen molar-refractivity contribution in [2.75, 3.05) is 7.11 Å². The predicted molar refractivity (Wildman–Crippen MR) is 35.3 cm³/mol. The van der Waals surface area contributed by atoms with Gasteiger partial charge in [0.15, 0.2) is 0 Å². The smallest absolute Gasteiger partial charge is 0.312 e. The SMILES string of the molecule is COC(=O)[C@@H]1C=C[C@H](O)C1. The Kier molecular flexibility index (Phi) is 2.06. The van der Waals surface area contributed by atoms with Gasteiger partial charge in [-0.3, -0.25) is 4.79 Å². The van der Waals surface area contributed by atoms with E-state index in [2.05, 4.69) is 4.74 Å². The number of ether oxygens (including phenoxy) is 1. The third-order valence-electron chi connectivity index (χ3n) is 1.56. The molecule has 0 fully saturated rings. The van der Waals surface area contributed by atoms with Gasteiger partial charge < -0.3 is 9.84 Å². The number of rotatable bonds is 1. The number of aliphatic hydroxyl groups excluding tert-OH is 1. The fraction of sp³-hybridized carbons (Fsp3) is 0.571. The first-order valence-electron chi connectivity index (χ1n) is 3.18. The lowest BCUT2D eigenvalue weighted by atomic mass is 10.1. The van der Waals surface area contributed by atoms with E-state index in [1.807, 2.05) is 0 Å². The van der Waals surface area contributed by atoms with Crippen molar-refractivity contribution in [3.63, 3.8) is 0 Å². The quantitative estimate of drug-likeness (QED) is 0.417. The largest absolute Gasteiger partial charge is 0.469 e. The fourth-order valence-corrected chi connectivity index (χ4v) is 1.01. The zero-order chi connectivity index (χ0) is 7.56. The lowest BCUT2D eigenvalue weighted by Crippen LogP contribution is -2.14. The van der Waals surface area contributed by atoms with Crippen LogP contribution in [0.15, 0.2) is 12.2 Å². The van der Waals surface area contributed by atoms with E-state index < -0.39 is 6.10 Å². The van der Waals surface area contributed by atoms with Crippen LogP contribution in [0.1, 0.15) is 6.42 Å². The summed E-state index contributed by atoms with van der Waals surface area (Å²) in [6.07, 6.45) is 3.29. The third-order valence-corrected chi connectivity index (χ3v) is 1.56. The molecule has 0 radical (unpaired) electrons. The molecule has 1 aliphatic carbocycles. The van der Waals surface area contributed by atoms with E-state index in [-0.39, 0.29) is 11.9 Å². The highest BCUT2D eigenvalue weighted by molar-refractivity contribution is 5.75. The summed E-state index contributed by atoms with van der Waals surface area (Å²) in [6.45, 7) is 0. The van der Waals surface area contributed by atoms with Crippen molar-refractivity contribution in [2.45, 2.75) is 12.5 Å². The molecule has 56 valence electrons. The molecule has 3 nitrogen and oxygen atoms in total. The zero-order valence-electron chi connectivity index (χ0n) is 5.78. The summed E-state index contributed by atoms with van der Waals surface area (Å²) in [6, 6.07) is 0. The molecule has 3 heteroatoms. The molecule has 10 heavy (non-hydrogen) atoms. The standard InChI is InChI=1S/C7H10O3/c1-10-7(9)5-2-3-6(8)4-5/h2-3,5-6,8H,4H2,1H3/t5-,6+/m1/s1. The molecule has 0 unspecified atom stereocenters. The lowest BCUT2D eigenvalue weighted by molar-refractivity contribution is -0.144. The Labute approximate surface area is 59.3 Å². The summed E-state index contributed by atoms with van der Waals surface area (Å²) in [5.74, 6) is -0.507. The minimum atomic E-state index is -0.468. The van der Waals surface area contributed by atoms with Gasteiger partial charge in [0.25, 0.3) is 0 Å². The van der Waals surface area contributed by atoms with Crippen molar-refractivity contribution in [3.05, 3.63) is 12.2 Å². The van der Waals surface area contributed by atoms with E-state index >= 15 is 0 Å². The summed E-state index contributed by atoms with van der Waals surface area (Å²) < 4.78 is 4.48. The topological polar surface area (TPSA) is 46.5 Å². The van der Waals surface area contributed by atoms with Crippen LogP contribution in [0.3, 0.4) is 0 Å². The number of carbonyl (C=O) groups is 1. The monoisotopic (exact) mass is 142 g/mol. The van der Waals surface area contributed by atoms with Gasteiger partial charge in [-0.25, -0.2) is 0 Å². The molecular weight excluding hydrogens is 132 g/mol. The second-order valence-corrected chi connectivity index (χ2v) is 2.32. The molecule has 0 heterocycles. The molecular formula is C7H10O3. The molecule has 0 aromatic rings. The first-order valence-corrected chi connectivity index (χ1v) is 3.18. The molecule has 1 aliphatic rings. The van der Waals surface area contributed by atoms with Crippen LogP contribution in [0, 0.1) is 5.92 Å². The molecule has 2 atom stereocenters. The Bertz CT molecular complexity index is 162. The van der Waals surface area contributed by atoms with E-state index in [1.165, 1.54) is 7.11 Å². The molecule has 1 rings (SSSR count). The van der Waals surface area contributed by atoms with Crippen LogP contribution in [0.25, 0.3) is 0 Å². The highest BCUT2D eigenvalue weighted by Gasteiger charge is 2.23. The van der Waals surface area contributed by atoms with E-state index in [9.17, 15) is 4.79 Å². The molecule has 0 aromatic carbocycles. The average molecular weight is 142 g/mol. The summed E-state index contributed by atoms with van der Waals surface area (Å²) in [7, 11) is 1.35. The molecule has 0 spiro atoms. The molecule has 0 bridgehead atoms. The number of hydrogen-bond acceptors (Lipinski definition) is 3. The molecule has 1 N–H and O–H groups in total. The van der Waals surface area contributed by atoms with E-state index in [0.717, 1.165) is 0 Å². The number of esters is 1. The highest BCUT2D eigenvalue weighted by Crippen LogP contribution is 2.18. The van der Waals surface area contributed by atoms with Crippen molar-refractivity contribution in [3.8, 4) is 0 Å². The van der Waals surface area contributed by atoms with E-state index in [4.69, 9.17) is 5.11 Å². The number of aliphatic hydroxyl groups is 1. The molecule has 0 amide bonds. The minimum absolute atomic E-state index is 0.236. The van der Waals surface area contributed by atoms with Crippen LogP contribution in [0.2, 0.25) is 0 Å². The molecule has 0 saturated carbocycles. The highest BCUT2D eigenvalue weighted by atomic mass is 16.5. The van der Waals surface area contributed by atoms with E-state index in [0.29, 0.717) is 6.42 Å². The van der Waals surface area contributed by atoms with Crippen molar-refractivity contribution < 1.29 is 14.6 Å². The fourth-order valence-electron chi connectivity index (χ4n) is 1.01. The van der Waals surface area contributed by atoms with Crippen molar-refractivity contribution in [1.82, 2.24) is 0 Å². The van der Waals surface area contributed by atoms with Gasteiger partial charge in [0.05, 0.1) is 19.1 Å². The Morgan fingerprint density at radius 3 is 2.80 bits per heavy atom. The van der Waals surface area contributed by atoms with Crippen molar-refractivity contribution >= 4 is 5.97 Å². The van der Waals surface area contributed by atoms with Crippen LogP contribution in [-0.4, -0.2) is 24.3 Å². The third kappa shape index (κ3) is 1.36. The number of carbonyl (C=O) groups excluding carboxylic acids is 1. The van der Waals surface area contributed by atoms with Gasteiger partial charge in [-0.1, -0.05) is 12.2 Å². The van der Waals surface area contributed by atoms with Crippen molar-refractivity contribution in [2.24, 2.45) is 5.92 Å². The van der Waals surface area contributed by atoms with Gasteiger partial charge in [-0.15, -0.1) is 0 Å². The zero-order valence-corrected chi connectivity index (χ0v) is 5.78. The van der Waals surface area contributed by atoms with Gasteiger partial charge in [0.1, 0.15) is 0 Å². The van der Waals surface area contributed by atoms with Crippen LogP contribution < -0.4 is 0 Å². The maximum absolute atomic E-state index is 10.8. The van der Waals surface area contributed by atoms with Gasteiger partial charge in [0, 0.05) is 0 Å². The second-order valence-electron chi connectivity index (χ2n) is 2.32. The van der Waals surface area contributed by atoms with Gasteiger partial charge in [-0.05, 0) is 6.42 Å². The Morgan fingerprint density at radius 2 is 2.40 bits per heavy atom. The van der Waals surface area contributed by atoms with Crippen LogP contribution >= 0.6 is 0 Å². The predicted octanol–water partition coefficient (Wildman–Crippen LogP) is 0.0964. The second kappa shape index (κ2) is 2.84. The molecule has 0 aliphatic heterocycles. The molecule has 0 saturated heterocycles. The summed E-state index contributed by atoms with van der Waals surface area (Å²) in [5, 5.41) is 8.95. The van der Waals surface area contributed by atoms with Gasteiger partial charge in [-0.2, -0.15) is 0 Å². The first-order chi connectivity index (χ1) is 4.74. The Balaban J connectivity index is 2.46. The first kappa shape index (κ1) is 7.28. The van der Waals surface area contributed by atoms with Gasteiger partial charge in [0.2, 0.25) is 0 Å². The molecule has 0 aromatic heterocycles. The number of hydrogen-bond donors (Lipinski definition) is 1. The Hall–Kier alpha value is -0.830. The number of methoxy groups -OCH3 is 1. The minimum Gasteiger partial charge on any atom is -0.469 e. The maximum Gasteiger partial charge on any atom is 0.312 e. The maximum atomic E-state index is 10.8. The van der Waals surface area contributed by atoms with Crippen LogP contribution in [0.4, 0.5) is 0 Å².